The van der Waals surface area contributed by atoms with Crippen molar-refractivity contribution in [2.45, 2.75) is 38.1 Å². The minimum Gasteiger partial charge on any atom is -0.396 e. The van der Waals surface area contributed by atoms with Crippen molar-refractivity contribution < 1.29 is 23.5 Å². The standard InChI is InChI=1S/C18H21F2NO3/c19-14-4-3-11(8-15(14)20)16(23)5-6-17(24)21-18-12-2-1-10(7-12)13(18)9-22/h3-4,8,10,12-13,18,22H,1-2,5-7,9H2,(H,21,24). The van der Waals surface area contributed by atoms with Gasteiger partial charge in [0.2, 0.25) is 5.91 Å². The molecule has 2 saturated carbocycles. The van der Waals surface area contributed by atoms with Crippen molar-refractivity contribution in [1.29, 1.82) is 0 Å². The topological polar surface area (TPSA) is 66.4 Å². The molecule has 0 spiro atoms. The Bertz CT molecular complexity index is 649. The summed E-state index contributed by atoms with van der Waals surface area (Å²) < 4.78 is 26.0. The van der Waals surface area contributed by atoms with E-state index < -0.39 is 17.4 Å². The molecule has 2 bridgehead atoms. The maximum Gasteiger partial charge on any atom is 0.220 e. The third kappa shape index (κ3) is 3.34. The van der Waals surface area contributed by atoms with Gasteiger partial charge in [0.05, 0.1) is 0 Å². The largest absolute Gasteiger partial charge is 0.396 e. The van der Waals surface area contributed by atoms with E-state index in [2.05, 4.69) is 5.32 Å². The van der Waals surface area contributed by atoms with E-state index in [-0.39, 0.29) is 42.9 Å². The molecule has 6 heteroatoms. The Balaban J connectivity index is 1.52. The number of amides is 1. The second kappa shape index (κ2) is 6.97. The normalized spacial score (nSPS) is 28.1. The first kappa shape index (κ1) is 17.0. The minimum absolute atomic E-state index is 0.00383. The summed E-state index contributed by atoms with van der Waals surface area (Å²) in [6, 6.07) is 2.97. The summed E-state index contributed by atoms with van der Waals surface area (Å²) in [4.78, 5) is 24.1. The predicted octanol–water partition coefficient (Wildman–Crippen LogP) is 2.45. The average Bonchev–Trinajstić information content (AvgIpc) is 3.16. The maximum absolute atomic E-state index is 13.1. The summed E-state index contributed by atoms with van der Waals surface area (Å²) in [5.74, 6) is -1.70. The van der Waals surface area contributed by atoms with Crippen LogP contribution in [-0.4, -0.2) is 29.4 Å². The van der Waals surface area contributed by atoms with Gasteiger partial charge in [-0.15, -0.1) is 0 Å². The summed E-state index contributed by atoms with van der Waals surface area (Å²) in [5.41, 5.74) is 0.0647. The lowest BCUT2D eigenvalue weighted by Gasteiger charge is -2.30. The van der Waals surface area contributed by atoms with Crippen LogP contribution in [0.1, 0.15) is 42.5 Å². The minimum atomic E-state index is -1.07. The average molecular weight is 337 g/mol. The van der Waals surface area contributed by atoms with Crippen molar-refractivity contribution in [3.63, 3.8) is 0 Å². The van der Waals surface area contributed by atoms with Gasteiger partial charge in [-0.1, -0.05) is 0 Å². The maximum atomic E-state index is 13.1. The Hall–Kier alpha value is -1.82. The van der Waals surface area contributed by atoms with E-state index in [0.29, 0.717) is 11.8 Å². The number of carbonyl (C=O) groups is 2. The van der Waals surface area contributed by atoms with Crippen LogP contribution in [0.3, 0.4) is 0 Å². The van der Waals surface area contributed by atoms with Gasteiger partial charge in [-0.3, -0.25) is 9.59 Å². The Morgan fingerprint density at radius 1 is 1.12 bits per heavy atom. The quantitative estimate of drug-likeness (QED) is 0.784. The highest BCUT2D eigenvalue weighted by molar-refractivity contribution is 5.97. The monoisotopic (exact) mass is 337 g/mol. The lowest BCUT2D eigenvalue weighted by atomic mass is 9.85. The molecule has 1 aromatic rings. The molecule has 2 N–H and O–H groups in total. The van der Waals surface area contributed by atoms with Gasteiger partial charge in [-0.05, 0) is 49.3 Å². The molecule has 0 saturated heterocycles. The number of Topliss-reactive ketones (excluding diaryl/α,β-unsaturated/α-hetero) is 1. The Morgan fingerprint density at radius 2 is 1.88 bits per heavy atom. The molecule has 4 unspecified atom stereocenters. The van der Waals surface area contributed by atoms with Gasteiger partial charge in [0.25, 0.3) is 0 Å². The van der Waals surface area contributed by atoms with Crippen LogP contribution in [-0.2, 0) is 4.79 Å². The summed E-state index contributed by atoms with van der Waals surface area (Å²) in [7, 11) is 0. The van der Waals surface area contributed by atoms with Crippen LogP contribution in [0.5, 0.6) is 0 Å². The van der Waals surface area contributed by atoms with E-state index in [1.807, 2.05) is 0 Å². The Morgan fingerprint density at radius 3 is 2.58 bits per heavy atom. The molecular formula is C18H21F2NO3. The fourth-order valence-electron chi connectivity index (χ4n) is 4.20. The fourth-order valence-corrected chi connectivity index (χ4v) is 4.20. The lowest BCUT2D eigenvalue weighted by molar-refractivity contribution is -0.122. The molecule has 0 heterocycles. The van der Waals surface area contributed by atoms with Gasteiger partial charge in [-0.2, -0.15) is 0 Å². The lowest BCUT2D eigenvalue weighted by Crippen LogP contribution is -2.45. The fraction of sp³-hybridized carbons (Fsp3) is 0.556. The number of halogens is 2. The van der Waals surface area contributed by atoms with E-state index in [0.717, 1.165) is 31.4 Å². The molecule has 130 valence electrons. The third-order valence-corrected chi connectivity index (χ3v) is 5.45. The van der Waals surface area contributed by atoms with Gasteiger partial charge in [0.15, 0.2) is 17.4 Å². The first-order chi connectivity index (χ1) is 11.5. The number of carbonyl (C=O) groups excluding carboxylic acids is 2. The molecule has 0 radical (unpaired) electrons. The zero-order chi connectivity index (χ0) is 17.3. The Labute approximate surface area is 139 Å². The SMILES string of the molecule is O=C(CCC(=O)c1ccc(F)c(F)c1)NC1C2CCC(C2)C1CO. The number of ketones is 1. The second-order valence-electron chi connectivity index (χ2n) is 6.83. The number of fused-ring (bicyclic) bond motifs is 2. The zero-order valence-corrected chi connectivity index (χ0v) is 13.3. The summed E-state index contributed by atoms with van der Waals surface area (Å²) in [5, 5.41) is 12.5. The highest BCUT2D eigenvalue weighted by Crippen LogP contribution is 2.48. The van der Waals surface area contributed by atoms with E-state index >= 15 is 0 Å². The number of aliphatic hydroxyl groups excluding tert-OH is 1. The molecule has 24 heavy (non-hydrogen) atoms. The van der Waals surface area contributed by atoms with Gasteiger partial charge in [-0.25, -0.2) is 8.78 Å². The summed E-state index contributed by atoms with van der Waals surface area (Å²) in [6.45, 7) is 0.0693. The molecule has 4 atom stereocenters. The van der Waals surface area contributed by atoms with E-state index in [1.54, 1.807) is 0 Å². The summed E-state index contributed by atoms with van der Waals surface area (Å²) in [6.07, 6.45) is 3.17. The number of nitrogens with one attached hydrogen (secondary N) is 1. The number of rotatable bonds is 6. The Kier molecular flexibility index (Phi) is 4.94. The molecule has 4 nitrogen and oxygen atoms in total. The van der Waals surface area contributed by atoms with Gasteiger partial charge >= 0.3 is 0 Å². The van der Waals surface area contributed by atoms with E-state index in [9.17, 15) is 23.5 Å². The first-order valence-corrected chi connectivity index (χ1v) is 8.38. The molecule has 2 fully saturated rings. The highest BCUT2D eigenvalue weighted by Gasteiger charge is 2.47. The van der Waals surface area contributed by atoms with Crippen LogP contribution in [0.4, 0.5) is 8.78 Å². The van der Waals surface area contributed by atoms with Crippen LogP contribution in [0, 0.1) is 29.4 Å². The molecule has 0 aromatic heterocycles. The van der Waals surface area contributed by atoms with E-state index in [4.69, 9.17) is 0 Å². The van der Waals surface area contributed by atoms with Crippen molar-refractivity contribution >= 4 is 11.7 Å². The van der Waals surface area contributed by atoms with Crippen molar-refractivity contribution in [3.05, 3.63) is 35.4 Å². The van der Waals surface area contributed by atoms with Crippen LogP contribution in [0.2, 0.25) is 0 Å². The van der Waals surface area contributed by atoms with Crippen molar-refractivity contribution in [1.82, 2.24) is 5.32 Å². The third-order valence-electron chi connectivity index (χ3n) is 5.45. The van der Waals surface area contributed by atoms with Crippen LogP contribution >= 0.6 is 0 Å². The second-order valence-corrected chi connectivity index (χ2v) is 6.83. The molecule has 2 aliphatic carbocycles. The molecule has 1 aromatic carbocycles. The van der Waals surface area contributed by atoms with Crippen LogP contribution in [0.25, 0.3) is 0 Å². The van der Waals surface area contributed by atoms with Gasteiger partial charge < -0.3 is 10.4 Å². The first-order valence-electron chi connectivity index (χ1n) is 8.38. The molecule has 2 aliphatic rings. The van der Waals surface area contributed by atoms with Crippen molar-refractivity contribution in [2.24, 2.45) is 17.8 Å². The van der Waals surface area contributed by atoms with Crippen molar-refractivity contribution in [3.8, 4) is 0 Å². The zero-order valence-electron chi connectivity index (χ0n) is 13.3. The smallest absolute Gasteiger partial charge is 0.220 e. The van der Waals surface area contributed by atoms with Gasteiger partial charge in [0.1, 0.15) is 0 Å². The molecule has 1 amide bonds. The number of hydrogen-bond donors (Lipinski definition) is 2. The van der Waals surface area contributed by atoms with Gasteiger partial charge in [0, 0.05) is 37.0 Å². The van der Waals surface area contributed by atoms with Crippen molar-refractivity contribution in [2.75, 3.05) is 6.61 Å². The predicted molar refractivity (Wildman–Crippen MR) is 83.3 cm³/mol. The molecule has 0 aliphatic heterocycles. The number of benzene rings is 1. The van der Waals surface area contributed by atoms with Crippen LogP contribution in [0.15, 0.2) is 18.2 Å². The summed E-state index contributed by atoms with van der Waals surface area (Å²) >= 11 is 0. The number of aliphatic hydroxyl groups is 1. The number of hydrogen-bond acceptors (Lipinski definition) is 3. The molecular weight excluding hydrogens is 316 g/mol. The van der Waals surface area contributed by atoms with Crippen LogP contribution < -0.4 is 5.32 Å². The molecule has 3 rings (SSSR count). The highest BCUT2D eigenvalue weighted by atomic mass is 19.2. The van der Waals surface area contributed by atoms with E-state index in [1.165, 1.54) is 6.07 Å².